The number of benzene rings is 1. The fraction of sp³-hybridized carbons (Fsp3) is 0. The molecule has 0 radical (unpaired) electrons. The molecule has 0 aliphatic heterocycles. The largest absolute Gasteiger partial charge is 0.327 e. The third kappa shape index (κ3) is 3.00. The van der Waals surface area contributed by atoms with Gasteiger partial charge in [0.2, 0.25) is 0 Å². The Labute approximate surface area is 116 Å². The summed E-state index contributed by atoms with van der Waals surface area (Å²) < 4.78 is 0.904. The fourth-order valence-electron chi connectivity index (χ4n) is 1.36. The van der Waals surface area contributed by atoms with Crippen LogP contribution in [0.15, 0.2) is 45.8 Å². The molecule has 0 spiro atoms. The van der Waals surface area contributed by atoms with E-state index in [-0.39, 0.29) is 5.56 Å². The van der Waals surface area contributed by atoms with E-state index in [0.717, 1.165) is 4.47 Å². The summed E-state index contributed by atoms with van der Waals surface area (Å²) in [6.45, 7) is 0. The smallest absolute Gasteiger partial charge is 0.261 e. The molecule has 92 valence electrons. The van der Waals surface area contributed by atoms with Gasteiger partial charge in [-0.2, -0.15) is 0 Å². The average Bonchev–Trinajstić information content (AvgIpc) is 2.35. The third-order valence-corrected chi connectivity index (χ3v) is 2.96. The molecule has 1 amide bonds. The van der Waals surface area contributed by atoms with Gasteiger partial charge in [-0.05, 0) is 30.3 Å². The lowest BCUT2D eigenvalue weighted by Crippen LogP contribution is -2.22. The minimum Gasteiger partial charge on any atom is -0.327 e. The number of carbonyl (C=O) groups excluding carboxylic acids is 1. The quantitative estimate of drug-likeness (QED) is 0.890. The van der Waals surface area contributed by atoms with Crippen LogP contribution >= 0.6 is 27.5 Å². The van der Waals surface area contributed by atoms with Gasteiger partial charge in [-0.25, -0.2) is 0 Å². The SMILES string of the molecule is O=C(Nc1ccc(Br)cc1)c1cc(Cl)c[nH]c1=O. The summed E-state index contributed by atoms with van der Waals surface area (Å²) in [5, 5.41) is 2.92. The Morgan fingerprint density at radius 3 is 2.61 bits per heavy atom. The maximum Gasteiger partial charge on any atom is 0.261 e. The summed E-state index contributed by atoms with van der Waals surface area (Å²) in [5.74, 6) is -0.499. The van der Waals surface area contributed by atoms with Crippen molar-refractivity contribution in [1.29, 1.82) is 0 Å². The number of rotatable bonds is 2. The summed E-state index contributed by atoms with van der Waals surface area (Å²) >= 11 is 9.02. The number of pyridine rings is 1. The number of hydrogen-bond acceptors (Lipinski definition) is 2. The Morgan fingerprint density at radius 2 is 1.94 bits per heavy atom. The zero-order valence-corrected chi connectivity index (χ0v) is 11.4. The normalized spacial score (nSPS) is 10.1. The van der Waals surface area contributed by atoms with Crippen molar-refractivity contribution in [3.63, 3.8) is 0 Å². The molecule has 2 rings (SSSR count). The van der Waals surface area contributed by atoms with Crippen LogP contribution in [-0.2, 0) is 0 Å². The highest BCUT2D eigenvalue weighted by molar-refractivity contribution is 9.10. The van der Waals surface area contributed by atoms with Crippen molar-refractivity contribution in [3.8, 4) is 0 Å². The van der Waals surface area contributed by atoms with E-state index in [1.165, 1.54) is 12.3 Å². The molecule has 0 aliphatic carbocycles. The predicted octanol–water partition coefficient (Wildman–Crippen LogP) is 3.04. The molecule has 18 heavy (non-hydrogen) atoms. The number of amides is 1. The first kappa shape index (κ1) is 12.9. The number of H-pyrrole nitrogens is 1. The molecular weight excluding hydrogens is 320 g/mol. The van der Waals surface area contributed by atoms with Gasteiger partial charge in [0.05, 0.1) is 5.02 Å². The first-order valence-electron chi connectivity index (χ1n) is 5.01. The van der Waals surface area contributed by atoms with E-state index in [4.69, 9.17) is 11.6 Å². The lowest BCUT2D eigenvalue weighted by atomic mass is 10.2. The highest BCUT2D eigenvalue weighted by Gasteiger charge is 2.11. The molecule has 0 bridgehead atoms. The summed E-state index contributed by atoms with van der Waals surface area (Å²) in [7, 11) is 0. The summed E-state index contributed by atoms with van der Waals surface area (Å²) in [5.41, 5.74) is 0.0991. The third-order valence-electron chi connectivity index (χ3n) is 2.21. The molecule has 4 nitrogen and oxygen atoms in total. The standard InChI is InChI=1S/C12H8BrClN2O2/c13-7-1-3-9(4-2-7)16-12(18)10-5-8(14)6-15-11(10)17/h1-6H,(H,15,17)(H,16,18). The maximum atomic E-state index is 11.9. The van der Waals surface area contributed by atoms with Gasteiger partial charge >= 0.3 is 0 Å². The van der Waals surface area contributed by atoms with Gasteiger partial charge in [0.25, 0.3) is 11.5 Å². The second-order valence-corrected chi connectivity index (χ2v) is 4.87. The van der Waals surface area contributed by atoms with Gasteiger partial charge in [-0.1, -0.05) is 27.5 Å². The first-order chi connectivity index (χ1) is 8.56. The lowest BCUT2D eigenvalue weighted by molar-refractivity contribution is 0.102. The predicted molar refractivity (Wildman–Crippen MR) is 74.2 cm³/mol. The van der Waals surface area contributed by atoms with E-state index in [0.29, 0.717) is 10.7 Å². The molecule has 0 fully saturated rings. The number of carbonyl (C=O) groups is 1. The van der Waals surface area contributed by atoms with Crippen molar-refractivity contribution < 1.29 is 4.79 Å². The van der Waals surface area contributed by atoms with Crippen LogP contribution in [0.5, 0.6) is 0 Å². The van der Waals surface area contributed by atoms with Crippen LogP contribution in [0.2, 0.25) is 5.02 Å². The van der Waals surface area contributed by atoms with Gasteiger partial charge in [0.1, 0.15) is 5.56 Å². The van der Waals surface area contributed by atoms with Crippen LogP contribution in [0.3, 0.4) is 0 Å². The monoisotopic (exact) mass is 326 g/mol. The highest BCUT2D eigenvalue weighted by Crippen LogP contribution is 2.15. The van der Waals surface area contributed by atoms with Crippen LogP contribution in [0.4, 0.5) is 5.69 Å². The van der Waals surface area contributed by atoms with E-state index in [1.54, 1.807) is 24.3 Å². The number of halogens is 2. The van der Waals surface area contributed by atoms with Gasteiger partial charge in [-0.3, -0.25) is 9.59 Å². The van der Waals surface area contributed by atoms with Crippen LogP contribution in [0.1, 0.15) is 10.4 Å². The Balaban J connectivity index is 2.24. The van der Waals surface area contributed by atoms with Gasteiger partial charge < -0.3 is 10.3 Å². The van der Waals surface area contributed by atoms with Gasteiger partial charge in [-0.15, -0.1) is 0 Å². The molecule has 1 aromatic heterocycles. The molecule has 0 saturated heterocycles. The maximum absolute atomic E-state index is 11.9. The zero-order valence-electron chi connectivity index (χ0n) is 9.04. The van der Waals surface area contributed by atoms with Crippen LogP contribution < -0.4 is 10.9 Å². The minimum atomic E-state index is -0.499. The topological polar surface area (TPSA) is 62.0 Å². The molecule has 1 heterocycles. The molecule has 0 aliphatic rings. The molecule has 2 N–H and O–H groups in total. The Kier molecular flexibility index (Phi) is 3.84. The molecule has 0 unspecified atom stereocenters. The fourth-order valence-corrected chi connectivity index (χ4v) is 1.79. The van der Waals surface area contributed by atoms with E-state index in [1.807, 2.05) is 0 Å². The molecule has 0 atom stereocenters. The zero-order chi connectivity index (χ0) is 13.1. The summed E-state index contributed by atoms with van der Waals surface area (Å²) in [6.07, 6.45) is 1.33. The van der Waals surface area contributed by atoms with Crippen molar-refractivity contribution in [2.24, 2.45) is 0 Å². The van der Waals surface area contributed by atoms with Crippen LogP contribution in [0, 0.1) is 0 Å². The minimum absolute atomic E-state index is 0.0228. The van der Waals surface area contributed by atoms with E-state index in [9.17, 15) is 9.59 Å². The summed E-state index contributed by atoms with van der Waals surface area (Å²) in [6, 6.07) is 8.35. The van der Waals surface area contributed by atoms with Crippen LogP contribution in [-0.4, -0.2) is 10.9 Å². The second kappa shape index (κ2) is 5.37. The number of anilines is 1. The number of aromatic nitrogens is 1. The van der Waals surface area contributed by atoms with Crippen molar-refractivity contribution in [2.75, 3.05) is 5.32 Å². The molecule has 1 aromatic carbocycles. The van der Waals surface area contributed by atoms with E-state index >= 15 is 0 Å². The summed E-state index contributed by atoms with van der Waals surface area (Å²) in [4.78, 5) is 25.7. The Bertz CT molecular complexity index is 637. The number of aromatic amines is 1. The van der Waals surface area contributed by atoms with Crippen LogP contribution in [0.25, 0.3) is 0 Å². The number of hydrogen-bond donors (Lipinski definition) is 2. The van der Waals surface area contributed by atoms with Crippen molar-refractivity contribution in [3.05, 3.63) is 61.9 Å². The average molecular weight is 328 g/mol. The van der Waals surface area contributed by atoms with Crippen molar-refractivity contribution in [1.82, 2.24) is 4.98 Å². The number of nitrogens with one attached hydrogen (secondary N) is 2. The molecule has 6 heteroatoms. The molecule has 0 saturated carbocycles. The molecule has 2 aromatic rings. The van der Waals surface area contributed by atoms with E-state index < -0.39 is 11.5 Å². The van der Waals surface area contributed by atoms with E-state index in [2.05, 4.69) is 26.2 Å². The van der Waals surface area contributed by atoms with Gasteiger partial charge in [0, 0.05) is 16.4 Å². The Morgan fingerprint density at radius 1 is 1.28 bits per heavy atom. The highest BCUT2D eigenvalue weighted by atomic mass is 79.9. The van der Waals surface area contributed by atoms with Crippen molar-refractivity contribution >= 4 is 39.1 Å². The van der Waals surface area contributed by atoms with Gasteiger partial charge in [0.15, 0.2) is 0 Å². The Hall–Kier alpha value is -1.59. The van der Waals surface area contributed by atoms with Crippen molar-refractivity contribution in [2.45, 2.75) is 0 Å². The lowest BCUT2D eigenvalue weighted by Gasteiger charge is -2.04. The second-order valence-electron chi connectivity index (χ2n) is 3.52. The molecular formula is C12H8BrClN2O2. The first-order valence-corrected chi connectivity index (χ1v) is 6.18.